The maximum absolute atomic E-state index is 9.00. The van der Waals surface area contributed by atoms with Gasteiger partial charge in [-0.15, -0.1) is 0 Å². The van der Waals surface area contributed by atoms with Crippen LogP contribution in [-0.2, 0) is 5.41 Å². The largest absolute Gasteiger partial charge is 0.373 e. The molecule has 1 atom stereocenters. The minimum absolute atomic E-state index is 0.109. The van der Waals surface area contributed by atoms with Gasteiger partial charge in [0.1, 0.15) is 0 Å². The molecule has 0 fully saturated rings. The second-order valence-corrected chi connectivity index (χ2v) is 5.91. The highest BCUT2D eigenvalue weighted by molar-refractivity contribution is 5.48. The summed E-state index contributed by atoms with van der Waals surface area (Å²) in [4.78, 5) is 2.16. The van der Waals surface area contributed by atoms with E-state index in [1.54, 1.807) is 0 Å². The first kappa shape index (κ1) is 14.6. The summed E-state index contributed by atoms with van der Waals surface area (Å²) in [6, 6.07) is 11.0. The Labute approximate surface area is 111 Å². The first-order chi connectivity index (χ1) is 8.38. The van der Waals surface area contributed by atoms with E-state index in [1.807, 2.05) is 7.05 Å². The predicted octanol–water partition coefficient (Wildman–Crippen LogP) is 3.97. The van der Waals surface area contributed by atoms with Crippen LogP contribution in [0.3, 0.4) is 0 Å². The molecule has 0 radical (unpaired) electrons. The number of anilines is 1. The molecule has 98 valence electrons. The standard InChI is InChI=1S/C16H24N2/c1-6-13(11-17)12-18(5)15-9-7-14(8-10-15)16(2,3)4/h7-10,13H,6,12H2,1-5H3. The lowest BCUT2D eigenvalue weighted by molar-refractivity contribution is 0.590. The number of nitriles is 1. The van der Waals surface area contributed by atoms with Crippen LogP contribution in [0, 0.1) is 17.2 Å². The van der Waals surface area contributed by atoms with E-state index in [1.165, 1.54) is 11.3 Å². The summed E-state index contributed by atoms with van der Waals surface area (Å²) in [6.07, 6.45) is 0.904. The number of hydrogen-bond acceptors (Lipinski definition) is 2. The molecule has 0 aliphatic rings. The van der Waals surface area contributed by atoms with E-state index in [0.29, 0.717) is 0 Å². The summed E-state index contributed by atoms with van der Waals surface area (Å²) in [5.41, 5.74) is 2.71. The fourth-order valence-corrected chi connectivity index (χ4v) is 1.91. The molecule has 1 unspecified atom stereocenters. The van der Waals surface area contributed by atoms with Crippen molar-refractivity contribution >= 4 is 5.69 Å². The smallest absolute Gasteiger partial charge is 0.0674 e. The summed E-state index contributed by atoms with van der Waals surface area (Å²) < 4.78 is 0. The van der Waals surface area contributed by atoms with Crippen LogP contribution >= 0.6 is 0 Å². The topological polar surface area (TPSA) is 27.0 Å². The summed E-state index contributed by atoms with van der Waals surface area (Å²) in [7, 11) is 2.05. The maximum Gasteiger partial charge on any atom is 0.0674 e. The fourth-order valence-electron chi connectivity index (χ4n) is 1.91. The van der Waals surface area contributed by atoms with E-state index < -0.39 is 0 Å². The molecule has 1 aromatic rings. The Bertz CT molecular complexity index is 406. The van der Waals surface area contributed by atoms with Gasteiger partial charge in [0, 0.05) is 19.3 Å². The monoisotopic (exact) mass is 244 g/mol. The SMILES string of the molecule is CCC(C#N)CN(C)c1ccc(C(C)(C)C)cc1. The van der Waals surface area contributed by atoms with Crippen molar-refractivity contribution in [2.45, 2.75) is 39.5 Å². The zero-order valence-electron chi connectivity index (χ0n) is 12.2. The lowest BCUT2D eigenvalue weighted by Gasteiger charge is -2.24. The molecule has 1 aromatic carbocycles. The lowest BCUT2D eigenvalue weighted by Crippen LogP contribution is -2.24. The van der Waals surface area contributed by atoms with Crippen molar-refractivity contribution in [1.82, 2.24) is 0 Å². The van der Waals surface area contributed by atoms with Gasteiger partial charge in [-0.3, -0.25) is 0 Å². The molecular formula is C16H24N2. The molecule has 2 nitrogen and oxygen atoms in total. The van der Waals surface area contributed by atoms with Crippen LogP contribution < -0.4 is 4.90 Å². The second-order valence-electron chi connectivity index (χ2n) is 5.91. The van der Waals surface area contributed by atoms with E-state index in [0.717, 1.165) is 13.0 Å². The van der Waals surface area contributed by atoms with Crippen LogP contribution in [0.25, 0.3) is 0 Å². The van der Waals surface area contributed by atoms with Crippen molar-refractivity contribution in [3.63, 3.8) is 0 Å². The van der Waals surface area contributed by atoms with Gasteiger partial charge in [-0.1, -0.05) is 39.8 Å². The van der Waals surface area contributed by atoms with E-state index >= 15 is 0 Å². The third kappa shape index (κ3) is 3.77. The first-order valence-electron chi connectivity index (χ1n) is 6.59. The minimum Gasteiger partial charge on any atom is -0.373 e. The number of rotatable bonds is 4. The summed E-state index contributed by atoms with van der Waals surface area (Å²) in [6.45, 7) is 9.50. The van der Waals surface area contributed by atoms with Crippen LogP contribution in [0.2, 0.25) is 0 Å². The van der Waals surface area contributed by atoms with Crippen LogP contribution in [0.4, 0.5) is 5.69 Å². The zero-order chi connectivity index (χ0) is 13.8. The highest BCUT2D eigenvalue weighted by atomic mass is 15.1. The molecule has 0 saturated carbocycles. The van der Waals surface area contributed by atoms with Crippen molar-refractivity contribution in [3.05, 3.63) is 29.8 Å². The van der Waals surface area contributed by atoms with E-state index in [2.05, 4.69) is 62.9 Å². The Morgan fingerprint density at radius 2 is 1.78 bits per heavy atom. The summed E-state index contributed by atoms with van der Waals surface area (Å²) in [5.74, 6) is 0.109. The van der Waals surface area contributed by atoms with Gasteiger partial charge < -0.3 is 4.90 Å². The molecule has 0 aliphatic heterocycles. The zero-order valence-corrected chi connectivity index (χ0v) is 12.2. The van der Waals surface area contributed by atoms with Crippen molar-refractivity contribution in [3.8, 4) is 6.07 Å². The lowest BCUT2D eigenvalue weighted by atomic mass is 9.87. The molecule has 0 saturated heterocycles. The molecule has 0 bridgehead atoms. The molecule has 0 N–H and O–H groups in total. The van der Waals surface area contributed by atoms with Crippen LogP contribution in [0.1, 0.15) is 39.7 Å². The Morgan fingerprint density at radius 1 is 1.22 bits per heavy atom. The molecule has 0 amide bonds. The molecule has 1 rings (SSSR count). The second kappa shape index (κ2) is 5.91. The van der Waals surface area contributed by atoms with Gasteiger partial charge in [-0.2, -0.15) is 5.26 Å². The molecule has 0 aromatic heterocycles. The van der Waals surface area contributed by atoms with Crippen molar-refractivity contribution in [2.75, 3.05) is 18.5 Å². The van der Waals surface area contributed by atoms with Gasteiger partial charge in [-0.25, -0.2) is 0 Å². The molecule has 0 spiro atoms. The number of benzene rings is 1. The highest BCUT2D eigenvalue weighted by Gasteiger charge is 2.14. The Balaban J connectivity index is 2.77. The molecular weight excluding hydrogens is 220 g/mol. The summed E-state index contributed by atoms with van der Waals surface area (Å²) in [5, 5.41) is 9.00. The predicted molar refractivity (Wildman–Crippen MR) is 77.8 cm³/mol. The maximum atomic E-state index is 9.00. The number of hydrogen-bond donors (Lipinski definition) is 0. The molecule has 2 heteroatoms. The van der Waals surface area contributed by atoms with E-state index in [4.69, 9.17) is 5.26 Å². The Morgan fingerprint density at radius 3 is 2.17 bits per heavy atom. The average molecular weight is 244 g/mol. The Hall–Kier alpha value is -1.49. The third-order valence-electron chi connectivity index (χ3n) is 3.34. The number of nitrogens with zero attached hydrogens (tertiary/aromatic N) is 2. The van der Waals surface area contributed by atoms with Gasteiger partial charge in [-0.05, 0) is 29.5 Å². The fraction of sp³-hybridized carbons (Fsp3) is 0.562. The molecule has 18 heavy (non-hydrogen) atoms. The highest BCUT2D eigenvalue weighted by Crippen LogP contribution is 2.24. The van der Waals surface area contributed by atoms with Gasteiger partial charge in [0.15, 0.2) is 0 Å². The normalized spacial score (nSPS) is 12.9. The quantitative estimate of drug-likeness (QED) is 0.801. The minimum atomic E-state index is 0.109. The van der Waals surface area contributed by atoms with Crippen LogP contribution in [0.5, 0.6) is 0 Å². The van der Waals surface area contributed by atoms with Gasteiger partial charge in [0.25, 0.3) is 0 Å². The van der Waals surface area contributed by atoms with E-state index in [-0.39, 0.29) is 11.3 Å². The van der Waals surface area contributed by atoms with E-state index in [9.17, 15) is 0 Å². The van der Waals surface area contributed by atoms with Crippen LogP contribution in [0.15, 0.2) is 24.3 Å². The average Bonchev–Trinajstić information content (AvgIpc) is 2.34. The van der Waals surface area contributed by atoms with Gasteiger partial charge >= 0.3 is 0 Å². The third-order valence-corrected chi connectivity index (χ3v) is 3.34. The molecule has 0 heterocycles. The van der Waals surface area contributed by atoms with Crippen LogP contribution in [-0.4, -0.2) is 13.6 Å². The Kier molecular flexibility index (Phi) is 4.78. The van der Waals surface area contributed by atoms with Crippen molar-refractivity contribution in [1.29, 1.82) is 5.26 Å². The molecule has 0 aliphatic carbocycles. The van der Waals surface area contributed by atoms with Gasteiger partial charge in [0.05, 0.1) is 12.0 Å². The first-order valence-corrected chi connectivity index (χ1v) is 6.59. The van der Waals surface area contributed by atoms with Crippen molar-refractivity contribution < 1.29 is 0 Å². The van der Waals surface area contributed by atoms with Crippen molar-refractivity contribution in [2.24, 2.45) is 5.92 Å². The van der Waals surface area contributed by atoms with Gasteiger partial charge in [0.2, 0.25) is 0 Å². The summed E-state index contributed by atoms with van der Waals surface area (Å²) >= 11 is 0.